The minimum atomic E-state index is -1.88. The van der Waals surface area contributed by atoms with Crippen LogP contribution in [0.25, 0.3) is 0 Å². The predicted octanol–water partition coefficient (Wildman–Crippen LogP) is -7.57. The van der Waals surface area contributed by atoms with Crippen molar-refractivity contribution in [2.75, 3.05) is 19.8 Å². The SMILES string of the molecule is OC[C@H]1O[C@@H](OC[C@H]2O[C@@H](O[C@@H]3[C@@H](O)[C@H](O)[C@@H](CO)O[C@@H]3O)[C@H](O)[C@@H](O)[C@H]2O)[C@H](O)[C@@H](O)[C@H]1O. The summed E-state index contributed by atoms with van der Waals surface area (Å²) in [4.78, 5) is 0. The van der Waals surface area contributed by atoms with Crippen LogP contribution in [0.1, 0.15) is 0 Å². The maximum atomic E-state index is 10.2. The Morgan fingerprint density at radius 1 is 0.500 bits per heavy atom. The first-order valence-electron chi connectivity index (χ1n) is 10.6. The summed E-state index contributed by atoms with van der Waals surface area (Å²) < 4.78 is 26.1. The molecule has 0 aromatic rings. The molecule has 3 heterocycles. The average molecular weight is 504 g/mol. The van der Waals surface area contributed by atoms with Crippen LogP contribution >= 0.6 is 0 Å². The van der Waals surface area contributed by atoms with Gasteiger partial charge in [-0.2, -0.15) is 0 Å². The fourth-order valence-electron chi connectivity index (χ4n) is 3.94. The number of hydrogen-bond donors (Lipinski definition) is 11. The van der Waals surface area contributed by atoms with Gasteiger partial charge in [-0.1, -0.05) is 0 Å². The van der Waals surface area contributed by atoms with Crippen LogP contribution in [-0.2, 0) is 23.7 Å². The minimum Gasteiger partial charge on any atom is -0.394 e. The summed E-state index contributed by atoms with van der Waals surface area (Å²) in [5, 5.41) is 109. The van der Waals surface area contributed by atoms with Crippen LogP contribution in [0.2, 0.25) is 0 Å². The van der Waals surface area contributed by atoms with E-state index in [0.29, 0.717) is 0 Å². The Morgan fingerprint density at radius 3 is 1.56 bits per heavy atom. The Morgan fingerprint density at radius 2 is 0.971 bits per heavy atom. The maximum Gasteiger partial charge on any atom is 0.187 e. The molecule has 200 valence electrons. The van der Waals surface area contributed by atoms with E-state index in [1.165, 1.54) is 0 Å². The highest BCUT2D eigenvalue weighted by Crippen LogP contribution is 2.29. The molecule has 0 bridgehead atoms. The molecule has 16 nitrogen and oxygen atoms in total. The zero-order chi connectivity index (χ0) is 25.3. The summed E-state index contributed by atoms with van der Waals surface area (Å²) in [5.74, 6) is 0. The smallest absolute Gasteiger partial charge is 0.187 e. The fraction of sp³-hybridized carbons (Fsp3) is 1.00. The van der Waals surface area contributed by atoms with Crippen molar-refractivity contribution in [1.82, 2.24) is 0 Å². The van der Waals surface area contributed by atoms with Crippen molar-refractivity contribution in [2.45, 2.75) is 92.1 Å². The molecule has 3 fully saturated rings. The van der Waals surface area contributed by atoms with Crippen molar-refractivity contribution in [1.29, 1.82) is 0 Å². The van der Waals surface area contributed by atoms with Crippen LogP contribution in [0.15, 0.2) is 0 Å². The molecule has 0 unspecified atom stereocenters. The first-order valence-corrected chi connectivity index (χ1v) is 10.6. The number of rotatable bonds is 7. The molecule has 0 radical (unpaired) electrons. The van der Waals surface area contributed by atoms with Crippen molar-refractivity contribution in [3.05, 3.63) is 0 Å². The van der Waals surface area contributed by atoms with Crippen molar-refractivity contribution >= 4 is 0 Å². The van der Waals surface area contributed by atoms with Crippen LogP contribution in [0.5, 0.6) is 0 Å². The van der Waals surface area contributed by atoms with Crippen LogP contribution in [0.4, 0.5) is 0 Å². The molecule has 0 spiro atoms. The lowest BCUT2D eigenvalue weighted by atomic mass is 9.97. The molecule has 0 amide bonds. The van der Waals surface area contributed by atoms with Gasteiger partial charge in [0.15, 0.2) is 18.9 Å². The zero-order valence-electron chi connectivity index (χ0n) is 17.7. The first-order chi connectivity index (χ1) is 16.0. The topological polar surface area (TPSA) is 269 Å². The van der Waals surface area contributed by atoms with Gasteiger partial charge in [0.2, 0.25) is 0 Å². The molecule has 0 aromatic heterocycles. The summed E-state index contributed by atoms with van der Waals surface area (Å²) in [7, 11) is 0. The van der Waals surface area contributed by atoms with E-state index in [1.54, 1.807) is 0 Å². The van der Waals surface area contributed by atoms with E-state index in [1.807, 2.05) is 0 Å². The normalized spacial score (nSPS) is 52.5. The van der Waals surface area contributed by atoms with Gasteiger partial charge in [-0.25, -0.2) is 0 Å². The Hall–Kier alpha value is -0.640. The van der Waals surface area contributed by atoms with Crippen molar-refractivity contribution in [3.8, 4) is 0 Å². The van der Waals surface area contributed by atoms with Crippen LogP contribution < -0.4 is 0 Å². The summed E-state index contributed by atoms with van der Waals surface area (Å²) in [6.45, 7) is -2.03. The largest absolute Gasteiger partial charge is 0.394 e. The Labute approximate surface area is 192 Å². The van der Waals surface area contributed by atoms with Crippen LogP contribution in [0, 0.1) is 0 Å². The number of aliphatic hydroxyl groups excluding tert-OH is 11. The third-order valence-corrected chi connectivity index (χ3v) is 6.08. The Bertz CT molecular complexity index is 639. The van der Waals surface area contributed by atoms with E-state index in [-0.39, 0.29) is 0 Å². The Kier molecular flexibility index (Phi) is 9.54. The van der Waals surface area contributed by atoms with Crippen molar-refractivity contribution in [2.24, 2.45) is 0 Å². The number of ether oxygens (including phenoxy) is 5. The van der Waals surface area contributed by atoms with Gasteiger partial charge in [-0.15, -0.1) is 0 Å². The summed E-state index contributed by atoms with van der Waals surface area (Å²) >= 11 is 0. The molecule has 3 rings (SSSR count). The zero-order valence-corrected chi connectivity index (χ0v) is 17.7. The van der Waals surface area contributed by atoms with E-state index in [4.69, 9.17) is 28.8 Å². The molecule has 15 atom stereocenters. The monoisotopic (exact) mass is 504 g/mol. The van der Waals surface area contributed by atoms with Gasteiger partial charge in [-0.05, 0) is 0 Å². The molecule has 0 aliphatic carbocycles. The van der Waals surface area contributed by atoms with E-state index >= 15 is 0 Å². The van der Waals surface area contributed by atoms with E-state index in [9.17, 15) is 51.1 Å². The first kappa shape index (κ1) is 27.9. The molecule has 16 heteroatoms. The molecule has 3 aliphatic heterocycles. The molecule has 3 saturated heterocycles. The maximum absolute atomic E-state index is 10.2. The van der Waals surface area contributed by atoms with Gasteiger partial charge >= 0.3 is 0 Å². The van der Waals surface area contributed by atoms with Gasteiger partial charge < -0.3 is 79.9 Å². The average Bonchev–Trinajstić information content (AvgIpc) is 2.82. The van der Waals surface area contributed by atoms with E-state index in [2.05, 4.69) is 0 Å². The predicted molar refractivity (Wildman–Crippen MR) is 101 cm³/mol. The van der Waals surface area contributed by atoms with Crippen LogP contribution in [-0.4, -0.2) is 168 Å². The molecule has 34 heavy (non-hydrogen) atoms. The van der Waals surface area contributed by atoms with E-state index in [0.717, 1.165) is 0 Å². The van der Waals surface area contributed by atoms with Gasteiger partial charge in [0.05, 0.1) is 19.8 Å². The van der Waals surface area contributed by atoms with Gasteiger partial charge in [0.1, 0.15) is 73.2 Å². The molecule has 0 saturated carbocycles. The van der Waals surface area contributed by atoms with Crippen LogP contribution in [0.3, 0.4) is 0 Å². The van der Waals surface area contributed by atoms with Gasteiger partial charge in [0, 0.05) is 0 Å². The van der Waals surface area contributed by atoms with Gasteiger partial charge in [-0.3, -0.25) is 0 Å². The quantitative estimate of drug-likeness (QED) is 0.154. The van der Waals surface area contributed by atoms with E-state index < -0.39 is 112 Å². The van der Waals surface area contributed by atoms with Crippen molar-refractivity contribution < 1.29 is 79.9 Å². The summed E-state index contributed by atoms with van der Waals surface area (Å²) in [5.41, 5.74) is 0. The van der Waals surface area contributed by atoms with Gasteiger partial charge in [0.25, 0.3) is 0 Å². The molecule has 3 aliphatic rings. The number of aliphatic hydroxyl groups is 11. The second-order valence-corrected chi connectivity index (χ2v) is 8.37. The third-order valence-electron chi connectivity index (χ3n) is 6.08. The second kappa shape index (κ2) is 11.6. The minimum absolute atomic E-state index is 0.616. The summed E-state index contributed by atoms with van der Waals surface area (Å²) in [6, 6.07) is 0. The third kappa shape index (κ3) is 5.52. The second-order valence-electron chi connectivity index (χ2n) is 8.37. The lowest BCUT2D eigenvalue weighted by Gasteiger charge is -2.45. The summed E-state index contributed by atoms with van der Waals surface area (Å²) in [6.07, 6.45) is -25.0. The number of hydrogen-bond acceptors (Lipinski definition) is 16. The highest BCUT2D eigenvalue weighted by molar-refractivity contribution is 4.94. The molecular formula is C18H32O16. The highest BCUT2D eigenvalue weighted by atomic mass is 16.7. The fourth-order valence-corrected chi connectivity index (χ4v) is 3.94. The molecule has 11 N–H and O–H groups in total. The highest BCUT2D eigenvalue weighted by Gasteiger charge is 2.51. The molecule has 0 aromatic carbocycles. The molecular weight excluding hydrogens is 472 g/mol. The standard InChI is InChI=1S/C18H32O16/c19-1-4-8(22)12(26)15(16(29)31-4)34-18-14(28)11(25)9(23)6(33-18)3-30-17-13(27)10(24)7(21)5(2-20)32-17/h4-29H,1-3H2/t4-,5-,6-,7+,8-,9+,10+,11+,12+,13-,14-,15-,16+,17-,18+/m1/s1. The lowest BCUT2D eigenvalue weighted by molar-refractivity contribution is -0.367. The Balaban J connectivity index is 1.64. The van der Waals surface area contributed by atoms with Crippen molar-refractivity contribution in [3.63, 3.8) is 0 Å². The lowest BCUT2D eigenvalue weighted by Crippen LogP contribution is -2.64.